The third-order valence-electron chi connectivity index (χ3n) is 5.21. The zero-order valence-corrected chi connectivity index (χ0v) is 20.2. The lowest BCUT2D eigenvalue weighted by Gasteiger charge is -2.13. The first-order valence-corrected chi connectivity index (χ1v) is 11.7. The third-order valence-corrected chi connectivity index (χ3v) is 6.47. The number of alkyl halides is 3. The summed E-state index contributed by atoms with van der Waals surface area (Å²) in [4.78, 5) is 16.6. The van der Waals surface area contributed by atoms with E-state index < -0.39 is 22.7 Å². The number of hydrogen-bond donors (Lipinski definition) is 1. The van der Waals surface area contributed by atoms with Gasteiger partial charge in [0.05, 0.1) is 22.0 Å². The van der Waals surface area contributed by atoms with E-state index in [1.165, 1.54) is 6.07 Å². The average molecular weight is 518 g/mol. The highest BCUT2D eigenvalue weighted by Gasteiger charge is 2.33. The van der Waals surface area contributed by atoms with Crippen LogP contribution in [0.3, 0.4) is 0 Å². The van der Waals surface area contributed by atoms with Crippen LogP contribution in [0.25, 0.3) is 17.1 Å². The van der Waals surface area contributed by atoms with Gasteiger partial charge in [0.15, 0.2) is 11.0 Å². The van der Waals surface area contributed by atoms with Crippen molar-refractivity contribution in [1.29, 1.82) is 0 Å². The molecule has 0 atom stereocenters. The standard InChI is InChI=1S/C24H19ClF3N5OS/c1-14-3-5-18(11-15(14)2)33-22(16-7-9-29-10-8-16)31-32-23(33)35-13-21(34)30-17-4-6-20(25)19(12-17)24(26,27)28/h3-12H,13H2,1-2H3,(H,30,34). The maximum absolute atomic E-state index is 13.1. The topological polar surface area (TPSA) is 72.7 Å². The molecule has 0 bridgehead atoms. The summed E-state index contributed by atoms with van der Waals surface area (Å²) in [6.07, 6.45) is -1.33. The van der Waals surface area contributed by atoms with Crippen molar-refractivity contribution in [1.82, 2.24) is 19.7 Å². The molecule has 180 valence electrons. The fourth-order valence-corrected chi connectivity index (χ4v) is 4.27. The molecule has 0 aliphatic carbocycles. The predicted molar refractivity (Wildman–Crippen MR) is 130 cm³/mol. The number of aryl methyl sites for hydroxylation is 2. The number of nitrogens with one attached hydrogen (secondary N) is 1. The summed E-state index contributed by atoms with van der Waals surface area (Å²) in [5, 5.41) is 11.1. The minimum atomic E-state index is -4.63. The van der Waals surface area contributed by atoms with Crippen LogP contribution in [0.15, 0.2) is 66.1 Å². The van der Waals surface area contributed by atoms with Gasteiger partial charge >= 0.3 is 6.18 Å². The molecule has 1 amide bonds. The molecule has 0 saturated carbocycles. The molecular weight excluding hydrogens is 499 g/mol. The lowest BCUT2D eigenvalue weighted by Crippen LogP contribution is -2.15. The van der Waals surface area contributed by atoms with E-state index in [-0.39, 0.29) is 11.4 Å². The Kier molecular flexibility index (Phi) is 7.13. The van der Waals surface area contributed by atoms with Crippen LogP contribution >= 0.6 is 23.4 Å². The number of carbonyl (C=O) groups is 1. The first-order chi connectivity index (χ1) is 16.6. The van der Waals surface area contributed by atoms with Crippen LogP contribution in [-0.2, 0) is 11.0 Å². The average Bonchev–Trinajstić information content (AvgIpc) is 3.24. The molecule has 4 aromatic rings. The van der Waals surface area contributed by atoms with Gasteiger partial charge in [-0.1, -0.05) is 29.4 Å². The van der Waals surface area contributed by atoms with Crippen molar-refractivity contribution in [3.63, 3.8) is 0 Å². The molecular formula is C24H19ClF3N5OS. The lowest BCUT2D eigenvalue weighted by molar-refractivity contribution is -0.137. The summed E-state index contributed by atoms with van der Waals surface area (Å²) >= 11 is 6.77. The molecule has 0 spiro atoms. The molecule has 0 fully saturated rings. The molecule has 1 N–H and O–H groups in total. The number of anilines is 1. The highest BCUT2D eigenvalue weighted by molar-refractivity contribution is 7.99. The Labute approximate surface area is 208 Å². The monoisotopic (exact) mass is 517 g/mol. The molecule has 2 aromatic heterocycles. The largest absolute Gasteiger partial charge is 0.417 e. The molecule has 6 nitrogen and oxygen atoms in total. The first-order valence-electron chi connectivity index (χ1n) is 10.4. The summed E-state index contributed by atoms with van der Waals surface area (Å²) in [5.74, 6) is -0.0137. The number of nitrogens with zero attached hydrogens (tertiary/aromatic N) is 4. The smallest absolute Gasteiger partial charge is 0.325 e. The Bertz CT molecular complexity index is 1380. The molecule has 0 saturated heterocycles. The van der Waals surface area contributed by atoms with Gasteiger partial charge in [-0.05, 0) is 67.4 Å². The van der Waals surface area contributed by atoms with E-state index in [2.05, 4.69) is 20.5 Å². The summed E-state index contributed by atoms with van der Waals surface area (Å²) in [6, 6.07) is 12.8. The van der Waals surface area contributed by atoms with Crippen molar-refractivity contribution in [3.05, 3.63) is 82.6 Å². The number of amides is 1. The Morgan fingerprint density at radius 3 is 2.46 bits per heavy atom. The van der Waals surface area contributed by atoms with Crippen molar-refractivity contribution >= 4 is 35.0 Å². The van der Waals surface area contributed by atoms with E-state index in [1.54, 1.807) is 12.4 Å². The lowest BCUT2D eigenvalue weighted by atomic mass is 10.1. The van der Waals surface area contributed by atoms with Crippen LogP contribution in [-0.4, -0.2) is 31.4 Å². The van der Waals surface area contributed by atoms with Crippen molar-refractivity contribution in [2.24, 2.45) is 0 Å². The molecule has 4 rings (SSSR count). The molecule has 0 unspecified atom stereocenters. The second-order valence-electron chi connectivity index (χ2n) is 7.68. The Morgan fingerprint density at radius 1 is 1.03 bits per heavy atom. The first kappa shape index (κ1) is 24.7. The summed E-state index contributed by atoms with van der Waals surface area (Å²) in [6.45, 7) is 4.01. The maximum Gasteiger partial charge on any atom is 0.417 e. The molecule has 2 heterocycles. The second-order valence-corrected chi connectivity index (χ2v) is 9.02. The molecule has 0 aliphatic heterocycles. The van der Waals surface area contributed by atoms with Crippen molar-refractivity contribution < 1.29 is 18.0 Å². The van der Waals surface area contributed by atoms with Gasteiger partial charge in [-0.15, -0.1) is 10.2 Å². The molecule has 2 aromatic carbocycles. The molecule has 0 radical (unpaired) electrons. The molecule has 11 heteroatoms. The maximum atomic E-state index is 13.1. The van der Waals surface area contributed by atoms with Gasteiger partial charge in [-0.25, -0.2) is 0 Å². The van der Waals surface area contributed by atoms with Crippen LogP contribution in [0.2, 0.25) is 5.02 Å². The Hall–Kier alpha value is -3.37. The van der Waals surface area contributed by atoms with Crippen LogP contribution < -0.4 is 5.32 Å². The summed E-state index contributed by atoms with van der Waals surface area (Å²) in [5.41, 5.74) is 2.81. The molecule has 35 heavy (non-hydrogen) atoms. The van der Waals surface area contributed by atoms with E-state index in [0.717, 1.165) is 46.3 Å². The van der Waals surface area contributed by atoms with Gasteiger partial charge in [0.2, 0.25) is 5.91 Å². The minimum Gasteiger partial charge on any atom is -0.325 e. The van der Waals surface area contributed by atoms with Gasteiger partial charge in [-0.2, -0.15) is 13.2 Å². The number of thioether (sulfide) groups is 1. The predicted octanol–water partition coefficient (Wildman–Crippen LogP) is 6.35. The fraction of sp³-hybridized carbons (Fsp3) is 0.167. The summed E-state index contributed by atoms with van der Waals surface area (Å²) in [7, 11) is 0. The van der Waals surface area contributed by atoms with E-state index in [9.17, 15) is 18.0 Å². The number of halogens is 4. The van der Waals surface area contributed by atoms with Crippen molar-refractivity contribution in [3.8, 4) is 17.1 Å². The highest BCUT2D eigenvalue weighted by Crippen LogP contribution is 2.36. The fourth-order valence-electron chi connectivity index (χ4n) is 3.30. The zero-order valence-electron chi connectivity index (χ0n) is 18.6. The van der Waals surface area contributed by atoms with E-state index in [1.807, 2.05) is 48.7 Å². The van der Waals surface area contributed by atoms with Crippen LogP contribution in [0.1, 0.15) is 16.7 Å². The SMILES string of the molecule is Cc1ccc(-n2c(SCC(=O)Nc3ccc(Cl)c(C(F)(F)F)c3)nnc2-c2ccncc2)cc1C. The Balaban J connectivity index is 1.58. The van der Waals surface area contributed by atoms with E-state index >= 15 is 0 Å². The number of hydrogen-bond acceptors (Lipinski definition) is 5. The van der Waals surface area contributed by atoms with Crippen LogP contribution in [0.5, 0.6) is 0 Å². The van der Waals surface area contributed by atoms with Crippen LogP contribution in [0.4, 0.5) is 18.9 Å². The van der Waals surface area contributed by atoms with Gasteiger partial charge in [0.1, 0.15) is 0 Å². The minimum absolute atomic E-state index is 0.000394. The number of rotatable bonds is 6. The second kappa shape index (κ2) is 10.1. The van der Waals surface area contributed by atoms with Gasteiger partial charge in [-0.3, -0.25) is 14.3 Å². The Morgan fingerprint density at radius 2 is 1.77 bits per heavy atom. The highest BCUT2D eigenvalue weighted by atomic mass is 35.5. The van der Waals surface area contributed by atoms with Gasteiger partial charge in [0, 0.05) is 23.6 Å². The van der Waals surface area contributed by atoms with Crippen molar-refractivity contribution in [2.75, 3.05) is 11.1 Å². The van der Waals surface area contributed by atoms with E-state index in [0.29, 0.717) is 11.0 Å². The number of pyridine rings is 1. The van der Waals surface area contributed by atoms with E-state index in [4.69, 9.17) is 11.6 Å². The van der Waals surface area contributed by atoms with Crippen LogP contribution in [0, 0.1) is 13.8 Å². The third kappa shape index (κ3) is 5.66. The number of benzene rings is 2. The van der Waals surface area contributed by atoms with Crippen molar-refractivity contribution in [2.45, 2.75) is 25.2 Å². The quantitative estimate of drug-likeness (QED) is 0.302. The molecule has 0 aliphatic rings. The van der Waals surface area contributed by atoms with Gasteiger partial charge < -0.3 is 5.32 Å². The zero-order chi connectivity index (χ0) is 25.2. The summed E-state index contributed by atoms with van der Waals surface area (Å²) < 4.78 is 41.2. The number of aromatic nitrogens is 4. The normalized spacial score (nSPS) is 11.5. The van der Waals surface area contributed by atoms with Gasteiger partial charge in [0.25, 0.3) is 0 Å². The number of carbonyl (C=O) groups excluding carboxylic acids is 1.